The maximum Gasteiger partial charge on any atom is 0.245 e. The Morgan fingerprint density at radius 1 is 1.18 bits per heavy atom. The van der Waals surface area contributed by atoms with E-state index >= 15 is 0 Å². The maximum absolute atomic E-state index is 12.7. The van der Waals surface area contributed by atoms with Gasteiger partial charge in [0.05, 0.1) is 6.54 Å². The molecule has 7 heteroatoms. The first-order valence-electron chi connectivity index (χ1n) is 7.97. The average molecular weight is 320 g/mol. The summed E-state index contributed by atoms with van der Waals surface area (Å²) < 4.78 is 0. The van der Waals surface area contributed by atoms with Crippen LogP contribution in [0.25, 0.3) is 0 Å². The summed E-state index contributed by atoms with van der Waals surface area (Å²) in [5.41, 5.74) is 1.36. The van der Waals surface area contributed by atoms with Gasteiger partial charge < -0.3 is 5.32 Å². The van der Waals surface area contributed by atoms with E-state index in [1.807, 2.05) is 0 Å². The lowest BCUT2D eigenvalue weighted by molar-refractivity contribution is -0.146. The van der Waals surface area contributed by atoms with Gasteiger partial charge in [0.1, 0.15) is 5.51 Å². The number of aromatic nitrogens is 2. The van der Waals surface area contributed by atoms with Crippen LogP contribution < -0.4 is 10.6 Å². The Kier molecular flexibility index (Phi) is 3.40. The number of carbonyl (C=O) groups is 2. The van der Waals surface area contributed by atoms with Crippen molar-refractivity contribution in [3.05, 3.63) is 5.51 Å². The molecule has 0 radical (unpaired) electrons. The first-order valence-corrected chi connectivity index (χ1v) is 8.85. The topological polar surface area (TPSA) is 84.0 Å². The molecule has 6 nitrogen and oxygen atoms in total. The van der Waals surface area contributed by atoms with Crippen molar-refractivity contribution in [1.82, 2.24) is 15.5 Å². The summed E-state index contributed by atoms with van der Waals surface area (Å²) in [6.07, 6.45) is 6.98. The van der Waals surface area contributed by atoms with Crippen LogP contribution in [-0.4, -0.2) is 28.6 Å². The average Bonchev–Trinajstić information content (AvgIpc) is 2.96. The zero-order valence-corrected chi connectivity index (χ0v) is 13.2. The number of amides is 2. The van der Waals surface area contributed by atoms with Crippen molar-refractivity contribution in [2.45, 2.75) is 38.5 Å². The number of anilines is 1. The van der Waals surface area contributed by atoms with Crippen LogP contribution in [0.2, 0.25) is 0 Å². The molecule has 1 aromatic rings. The van der Waals surface area contributed by atoms with Crippen LogP contribution in [-0.2, 0) is 9.59 Å². The molecule has 4 saturated carbocycles. The van der Waals surface area contributed by atoms with Gasteiger partial charge in [-0.1, -0.05) is 11.3 Å². The highest BCUT2D eigenvalue weighted by atomic mass is 32.1. The third-order valence-corrected chi connectivity index (χ3v) is 6.14. The van der Waals surface area contributed by atoms with Crippen LogP contribution in [0.5, 0.6) is 0 Å². The van der Waals surface area contributed by atoms with Crippen molar-refractivity contribution < 1.29 is 9.59 Å². The van der Waals surface area contributed by atoms with Crippen molar-refractivity contribution in [3.63, 3.8) is 0 Å². The lowest BCUT2D eigenvalue weighted by Gasteiger charge is -2.55. The normalized spacial score (nSPS) is 35.4. The van der Waals surface area contributed by atoms with E-state index in [1.54, 1.807) is 5.51 Å². The first kappa shape index (κ1) is 14.1. The molecule has 2 amide bonds. The number of carbonyl (C=O) groups excluding carboxylic acids is 2. The molecule has 4 aliphatic carbocycles. The minimum atomic E-state index is -0.241. The van der Waals surface area contributed by atoms with Crippen LogP contribution in [0, 0.1) is 23.2 Å². The summed E-state index contributed by atoms with van der Waals surface area (Å²) >= 11 is 1.27. The van der Waals surface area contributed by atoms with Gasteiger partial charge in [-0.25, -0.2) is 0 Å². The Balaban J connectivity index is 1.35. The van der Waals surface area contributed by atoms with Crippen LogP contribution in [0.15, 0.2) is 5.51 Å². The first-order chi connectivity index (χ1) is 10.6. The molecule has 0 spiro atoms. The standard InChI is InChI=1S/C15H20N4O2S/c20-12(18-14-19-17-8-22-14)7-16-13(21)15-4-9-1-10(5-15)3-11(2-9)6-15/h8-11H,1-7H2,(H,16,21)(H,18,19,20). The zero-order valence-electron chi connectivity index (χ0n) is 12.4. The molecule has 118 valence electrons. The number of hydrogen-bond acceptors (Lipinski definition) is 5. The molecule has 0 atom stereocenters. The van der Waals surface area contributed by atoms with E-state index in [0.29, 0.717) is 5.13 Å². The summed E-state index contributed by atoms with van der Waals surface area (Å²) in [4.78, 5) is 24.5. The molecule has 4 bridgehead atoms. The predicted octanol–water partition coefficient (Wildman–Crippen LogP) is 1.81. The highest BCUT2D eigenvalue weighted by Gasteiger charge is 2.54. The third-order valence-electron chi connectivity index (χ3n) is 5.54. The van der Waals surface area contributed by atoms with Crippen LogP contribution in [0.4, 0.5) is 5.13 Å². The van der Waals surface area contributed by atoms with Crippen molar-refractivity contribution in [1.29, 1.82) is 0 Å². The van der Waals surface area contributed by atoms with Gasteiger partial charge in [0.2, 0.25) is 16.9 Å². The number of nitrogens with one attached hydrogen (secondary N) is 2. The zero-order chi connectivity index (χ0) is 15.2. The van der Waals surface area contributed by atoms with Crippen LogP contribution in [0.1, 0.15) is 38.5 Å². The van der Waals surface area contributed by atoms with Gasteiger partial charge in [0.15, 0.2) is 0 Å². The molecule has 4 fully saturated rings. The molecule has 0 aliphatic heterocycles. The van der Waals surface area contributed by atoms with Crippen molar-refractivity contribution in [3.8, 4) is 0 Å². The second-order valence-corrected chi connectivity index (χ2v) is 8.01. The fraction of sp³-hybridized carbons (Fsp3) is 0.733. The molecule has 0 saturated heterocycles. The summed E-state index contributed by atoms with van der Waals surface area (Å²) in [6.45, 7) is 0.0141. The van der Waals surface area contributed by atoms with E-state index in [2.05, 4.69) is 20.8 Å². The molecule has 0 unspecified atom stereocenters. The van der Waals surface area contributed by atoms with Gasteiger partial charge in [-0.2, -0.15) is 0 Å². The lowest BCUT2D eigenvalue weighted by atomic mass is 9.49. The summed E-state index contributed by atoms with van der Waals surface area (Å²) in [7, 11) is 0. The summed E-state index contributed by atoms with van der Waals surface area (Å²) in [6, 6.07) is 0. The monoisotopic (exact) mass is 320 g/mol. The van der Waals surface area contributed by atoms with Crippen LogP contribution >= 0.6 is 11.3 Å². The van der Waals surface area contributed by atoms with Gasteiger partial charge in [-0.05, 0) is 56.3 Å². The van der Waals surface area contributed by atoms with Gasteiger partial charge in [-0.3, -0.25) is 14.9 Å². The fourth-order valence-electron chi connectivity index (χ4n) is 5.13. The Labute approximate surface area is 133 Å². The third kappa shape index (κ3) is 2.51. The van der Waals surface area contributed by atoms with E-state index in [0.717, 1.165) is 37.0 Å². The fourth-order valence-corrected chi connectivity index (χ4v) is 5.59. The second kappa shape index (κ2) is 5.30. The van der Waals surface area contributed by atoms with Gasteiger partial charge in [-0.15, -0.1) is 10.2 Å². The summed E-state index contributed by atoms with van der Waals surface area (Å²) in [5.74, 6) is 2.03. The lowest BCUT2D eigenvalue weighted by Crippen LogP contribution is -2.54. The number of hydrogen-bond donors (Lipinski definition) is 2. The van der Waals surface area contributed by atoms with Crippen molar-refractivity contribution >= 4 is 28.3 Å². The van der Waals surface area contributed by atoms with Gasteiger partial charge in [0, 0.05) is 5.41 Å². The second-order valence-electron chi connectivity index (χ2n) is 7.17. The van der Waals surface area contributed by atoms with E-state index in [1.165, 1.54) is 30.6 Å². The predicted molar refractivity (Wildman–Crippen MR) is 82.2 cm³/mol. The Bertz CT molecular complexity index is 551. The minimum Gasteiger partial charge on any atom is -0.347 e. The van der Waals surface area contributed by atoms with E-state index < -0.39 is 0 Å². The molecular formula is C15H20N4O2S. The van der Waals surface area contributed by atoms with Gasteiger partial charge in [0.25, 0.3) is 0 Å². The highest BCUT2D eigenvalue weighted by Crippen LogP contribution is 2.60. The van der Waals surface area contributed by atoms with E-state index in [-0.39, 0.29) is 23.8 Å². The molecular weight excluding hydrogens is 300 g/mol. The molecule has 5 rings (SSSR count). The van der Waals surface area contributed by atoms with E-state index in [9.17, 15) is 9.59 Å². The number of rotatable bonds is 4. The Hall–Kier alpha value is -1.50. The van der Waals surface area contributed by atoms with E-state index in [4.69, 9.17) is 0 Å². The molecule has 1 heterocycles. The summed E-state index contributed by atoms with van der Waals surface area (Å²) in [5, 5.41) is 13.4. The largest absolute Gasteiger partial charge is 0.347 e. The van der Waals surface area contributed by atoms with Crippen molar-refractivity contribution in [2.24, 2.45) is 23.2 Å². The quantitative estimate of drug-likeness (QED) is 0.886. The Morgan fingerprint density at radius 2 is 1.82 bits per heavy atom. The molecule has 1 aromatic heterocycles. The highest BCUT2D eigenvalue weighted by molar-refractivity contribution is 7.13. The molecule has 0 aromatic carbocycles. The number of nitrogens with zero attached hydrogens (tertiary/aromatic N) is 2. The molecule has 2 N–H and O–H groups in total. The Morgan fingerprint density at radius 3 is 2.36 bits per heavy atom. The SMILES string of the molecule is O=C(CNC(=O)C12CC3CC(CC(C3)C1)C2)Nc1nncs1. The smallest absolute Gasteiger partial charge is 0.245 e. The van der Waals surface area contributed by atoms with Crippen molar-refractivity contribution in [2.75, 3.05) is 11.9 Å². The molecule has 22 heavy (non-hydrogen) atoms. The molecule has 4 aliphatic rings. The minimum absolute atomic E-state index is 0.0141. The van der Waals surface area contributed by atoms with Crippen LogP contribution in [0.3, 0.4) is 0 Å². The maximum atomic E-state index is 12.7. The van der Waals surface area contributed by atoms with Gasteiger partial charge >= 0.3 is 0 Å².